The number of rotatable bonds is 3. The second kappa shape index (κ2) is 6.10. The zero-order valence-corrected chi connectivity index (χ0v) is 13.6. The van der Waals surface area contributed by atoms with Crippen LogP contribution in [0.25, 0.3) is 5.69 Å². The van der Waals surface area contributed by atoms with Gasteiger partial charge in [-0.05, 0) is 41.9 Å². The molecule has 0 N–H and O–H groups in total. The molecular weight excluding hydrogens is 304 g/mol. The van der Waals surface area contributed by atoms with E-state index in [0.717, 1.165) is 36.6 Å². The zero-order chi connectivity index (χ0) is 15.6. The monoisotopic (exact) mass is 322 g/mol. The normalized spacial score (nSPS) is 14.6. The summed E-state index contributed by atoms with van der Waals surface area (Å²) in [5.41, 5.74) is 3.92. The molecule has 116 valence electrons. The molecule has 0 spiro atoms. The Morgan fingerprint density at radius 2 is 1.70 bits per heavy atom. The van der Waals surface area contributed by atoms with Crippen LogP contribution in [0.5, 0.6) is 0 Å². The van der Waals surface area contributed by atoms with Gasteiger partial charge in [0.25, 0.3) is 0 Å². The van der Waals surface area contributed by atoms with Crippen molar-refractivity contribution in [3.05, 3.63) is 76.8 Å². The third-order valence-electron chi connectivity index (χ3n) is 4.31. The third kappa shape index (κ3) is 2.85. The lowest BCUT2D eigenvalue weighted by molar-refractivity contribution is 0.188. The van der Waals surface area contributed by atoms with Gasteiger partial charge in [0, 0.05) is 18.8 Å². The van der Waals surface area contributed by atoms with Gasteiger partial charge in [-0.25, -0.2) is 4.68 Å². The quantitative estimate of drug-likeness (QED) is 0.691. The number of fused-ring (bicyclic) bond motifs is 1. The fourth-order valence-corrected chi connectivity index (χ4v) is 3.32. The first-order valence-electron chi connectivity index (χ1n) is 7.80. The molecule has 1 aromatic heterocycles. The number of benzene rings is 2. The summed E-state index contributed by atoms with van der Waals surface area (Å²) in [6, 6.07) is 18.8. The molecule has 4 rings (SSSR count). The van der Waals surface area contributed by atoms with Gasteiger partial charge >= 0.3 is 0 Å². The predicted molar refractivity (Wildman–Crippen MR) is 92.9 cm³/mol. The molecule has 0 atom stereocenters. The van der Waals surface area contributed by atoms with Crippen molar-refractivity contribution < 1.29 is 0 Å². The maximum absolute atomic E-state index is 5.59. The highest BCUT2D eigenvalue weighted by molar-refractivity contribution is 7.71. The van der Waals surface area contributed by atoms with Crippen LogP contribution in [0, 0.1) is 4.77 Å². The van der Waals surface area contributed by atoms with Gasteiger partial charge in [0.05, 0.1) is 6.67 Å². The molecule has 0 saturated carbocycles. The molecule has 3 aromatic rings. The second-order valence-electron chi connectivity index (χ2n) is 5.83. The van der Waals surface area contributed by atoms with Crippen LogP contribution in [0.2, 0.25) is 0 Å². The topological polar surface area (TPSA) is 26.0 Å². The van der Waals surface area contributed by atoms with Crippen molar-refractivity contribution in [3.63, 3.8) is 0 Å². The Hall–Kier alpha value is -2.24. The van der Waals surface area contributed by atoms with Crippen LogP contribution in [0.15, 0.2) is 60.9 Å². The van der Waals surface area contributed by atoms with E-state index in [0.29, 0.717) is 0 Å². The molecule has 0 bridgehead atoms. The molecule has 0 aliphatic carbocycles. The summed E-state index contributed by atoms with van der Waals surface area (Å²) in [6.45, 7) is 2.72. The van der Waals surface area contributed by atoms with Crippen molar-refractivity contribution in [2.24, 2.45) is 0 Å². The van der Waals surface area contributed by atoms with E-state index in [1.165, 1.54) is 11.1 Å². The number of hydrogen-bond acceptors (Lipinski definition) is 3. The Bertz CT molecular complexity index is 866. The van der Waals surface area contributed by atoms with Crippen LogP contribution in [0.1, 0.15) is 11.1 Å². The maximum Gasteiger partial charge on any atom is 0.203 e. The van der Waals surface area contributed by atoms with Crippen LogP contribution in [-0.4, -0.2) is 25.8 Å². The van der Waals surface area contributed by atoms with Crippen molar-refractivity contribution in [2.45, 2.75) is 19.6 Å². The highest BCUT2D eigenvalue weighted by atomic mass is 32.1. The summed E-state index contributed by atoms with van der Waals surface area (Å²) in [7, 11) is 0. The molecule has 0 unspecified atom stereocenters. The highest BCUT2D eigenvalue weighted by Gasteiger charge is 2.16. The Morgan fingerprint density at radius 3 is 2.52 bits per heavy atom. The smallest absolute Gasteiger partial charge is 0.203 e. The van der Waals surface area contributed by atoms with E-state index in [-0.39, 0.29) is 0 Å². The number of nitrogens with zero attached hydrogens (tertiary/aromatic N) is 4. The summed E-state index contributed by atoms with van der Waals surface area (Å²) in [5, 5.41) is 4.48. The number of para-hydroxylation sites is 1. The van der Waals surface area contributed by atoms with Crippen LogP contribution >= 0.6 is 12.2 Å². The van der Waals surface area contributed by atoms with Gasteiger partial charge in [0.15, 0.2) is 0 Å². The Kier molecular flexibility index (Phi) is 3.81. The Morgan fingerprint density at radius 1 is 0.957 bits per heavy atom. The van der Waals surface area contributed by atoms with Crippen molar-refractivity contribution in [3.8, 4) is 5.69 Å². The van der Waals surface area contributed by atoms with Crippen molar-refractivity contribution >= 4 is 12.2 Å². The summed E-state index contributed by atoms with van der Waals surface area (Å²) < 4.78 is 4.58. The molecule has 5 heteroatoms. The first kappa shape index (κ1) is 14.4. The van der Waals surface area contributed by atoms with Gasteiger partial charge < -0.3 is 0 Å². The molecule has 23 heavy (non-hydrogen) atoms. The summed E-state index contributed by atoms with van der Waals surface area (Å²) in [6.07, 6.45) is 2.89. The van der Waals surface area contributed by atoms with Gasteiger partial charge in [-0.3, -0.25) is 9.47 Å². The number of aromatic nitrogens is 3. The van der Waals surface area contributed by atoms with E-state index in [2.05, 4.69) is 34.3 Å². The lowest BCUT2D eigenvalue weighted by Gasteiger charge is -2.28. The molecule has 2 heterocycles. The predicted octanol–water partition coefficient (Wildman–Crippen LogP) is 3.42. The molecule has 1 aliphatic heterocycles. The summed E-state index contributed by atoms with van der Waals surface area (Å²) >= 11 is 5.59. The summed E-state index contributed by atoms with van der Waals surface area (Å²) in [5.74, 6) is 0. The molecule has 1 aliphatic rings. The van der Waals surface area contributed by atoms with Crippen LogP contribution in [0.4, 0.5) is 0 Å². The molecule has 2 aromatic carbocycles. The second-order valence-corrected chi connectivity index (χ2v) is 6.20. The Labute approximate surface area is 140 Å². The minimum atomic E-state index is 0.729. The third-order valence-corrected chi connectivity index (χ3v) is 4.72. The Balaban J connectivity index is 1.55. The lowest BCUT2D eigenvalue weighted by Crippen LogP contribution is -2.32. The van der Waals surface area contributed by atoms with E-state index in [1.807, 2.05) is 39.6 Å². The molecule has 0 radical (unpaired) electrons. The largest absolute Gasteiger partial charge is 0.280 e. The fraction of sp³-hybridized carbons (Fsp3) is 0.222. The average Bonchev–Trinajstić information content (AvgIpc) is 2.96. The first-order chi connectivity index (χ1) is 11.3. The summed E-state index contributed by atoms with van der Waals surface area (Å²) in [4.78, 5) is 2.39. The van der Waals surface area contributed by atoms with Crippen molar-refractivity contribution in [1.29, 1.82) is 0 Å². The van der Waals surface area contributed by atoms with Gasteiger partial charge in [0.2, 0.25) is 4.77 Å². The molecule has 0 amide bonds. The molecule has 0 saturated heterocycles. The minimum absolute atomic E-state index is 0.729. The molecule has 0 fully saturated rings. The van der Waals surface area contributed by atoms with Gasteiger partial charge in [-0.15, -0.1) is 0 Å². The minimum Gasteiger partial charge on any atom is -0.280 e. The van der Waals surface area contributed by atoms with Crippen LogP contribution in [-0.2, 0) is 19.6 Å². The standard InChI is InChI=1S/C18H18N4S/c23-18-21(17-8-2-1-3-9-17)13-19-22(18)14-20-11-10-15-6-4-5-7-16(15)12-20/h1-9,13H,10-12,14H2. The van der Waals surface area contributed by atoms with Crippen LogP contribution < -0.4 is 0 Å². The maximum atomic E-state index is 5.59. The van der Waals surface area contributed by atoms with Gasteiger partial charge in [0.1, 0.15) is 6.33 Å². The molecule has 4 nitrogen and oxygen atoms in total. The van der Waals surface area contributed by atoms with E-state index < -0.39 is 0 Å². The van der Waals surface area contributed by atoms with Crippen molar-refractivity contribution in [1.82, 2.24) is 19.2 Å². The average molecular weight is 322 g/mol. The number of hydrogen-bond donors (Lipinski definition) is 0. The van der Waals surface area contributed by atoms with E-state index in [9.17, 15) is 0 Å². The lowest BCUT2D eigenvalue weighted by atomic mass is 10.0. The SMILES string of the molecule is S=c1n(-c2ccccc2)cnn1CN1CCc2ccccc2C1. The molecular formula is C18H18N4S. The highest BCUT2D eigenvalue weighted by Crippen LogP contribution is 2.19. The van der Waals surface area contributed by atoms with Crippen molar-refractivity contribution in [2.75, 3.05) is 6.54 Å². The van der Waals surface area contributed by atoms with E-state index in [4.69, 9.17) is 12.2 Å². The van der Waals surface area contributed by atoms with E-state index in [1.54, 1.807) is 6.33 Å². The first-order valence-corrected chi connectivity index (χ1v) is 8.21. The van der Waals surface area contributed by atoms with E-state index >= 15 is 0 Å². The van der Waals surface area contributed by atoms with Gasteiger partial charge in [-0.1, -0.05) is 42.5 Å². The zero-order valence-electron chi connectivity index (χ0n) is 12.8. The fourth-order valence-electron chi connectivity index (χ4n) is 3.06. The van der Waals surface area contributed by atoms with Crippen LogP contribution in [0.3, 0.4) is 0 Å². The van der Waals surface area contributed by atoms with Gasteiger partial charge in [-0.2, -0.15) is 5.10 Å².